The van der Waals surface area contributed by atoms with E-state index in [4.69, 9.17) is 9.52 Å². The Morgan fingerprint density at radius 3 is 2.84 bits per heavy atom. The van der Waals surface area contributed by atoms with Crippen LogP contribution in [0.2, 0.25) is 0 Å². The van der Waals surface area contributed by atoms with Crippen molar-refractivity contribution in [2.45, 2.75) is 36.9 Å². The first kappa shape index (κ1) is 14.1. The lowest BCUT2D eigenvalue weighted by molar-refractivity contribution is -0.672. The van der Waals surface area contributed by atoms with Crippen molar-refractivity contribution in [3.8, 4) is 0 Å². The zero-order valence-corrected chi connectivity index (χ0v) is 12.3. The molecule has 1 aliphatic heterocycles. The predicted octanol–water partition coefficient (Wildman–Crippen LogP) is 1.39. The molecule has 0 aliphatic carbocycles. The van der Waals surface area contributed by atoms with E-state index in [1.54, 1.807) is 0 Å². The van der Waals surface area contributed by atoms with Crippen LogP contribution < -0.4 is 9.88 Å². The largest absolute Gasteiger partial charge is 0.365 e. The fourth-order valence-corrected chi connectivity index (χ4v) is 2.77. The number of hydrogen-bond donors (Lipinski definition) is 2. The number of aromatic nitrogens is 1. The van der Waals surface area contributed by atoms with Crippen molar-refractivity contribution in [1.29, 1.82) is 4.78 Å². The van der Waals surface area contributed by atoms with E-state index in [0.717, 1.165) is 23.4 Å². The number of ether oxygens (including phenoxy) is 1. The smallest absolute Gasteiger partial charge is 0.253 e. The third-order valence-corrected chi connectivity index (χ3v) is 4.05. The van der Waals surface area contributed by atoms with Crippen LogP contribution in [0.15, 0.2) is 23.4 Å². The molecule has 1 aromatic rings. The molecule has 2 N–H and O–H groups in total. The molecule has 0 bridgehead atoms. The number of anilines is 1. The van der Waals surface area contributed by atoms with Gasteiger partial charge in [0.1, 0.15) is 18.8 Å². The van der Waals surface area contributed by atoms with Crippen LogP contribution in [-0.4, -0.2) is 24.4 Å². The normalized spacial score (nSPS) is 24.2. The van der Waals surface area contributed by atoms with E-state index in [1.807, 2.05) is 43.3 Å². The second-order valence-corrected chi connectivity index (χ2v) is 6.43. The summed E-state index contributed by atoms with van der Waals surface area (Å²) in [4.78, 5) is 13.0. The fraction of sp³-hybridized carbons (Fsp3) is 0.538. The molecule has 104 valence electrons. The first-order chi connectivity index (χ1) is 8.95. The van der Waals surface area contributed by atoms with Crippen LogP contribution in [0.3, 0.4) is 0 Å². The van der Waals surface area contributed by atoms with E-state index < -0.39 is 10.7 Å². The van der Waals surface area contributed by atoms with E-state index in [9.17, 15) is 4.79 Å². The molecule has 3 unspecified atom stereocenters. The summed E-state index contributed by atoms with van der Waals surface area (Å²) < 4.78 is 15.2. The minimum Gasteiger partial charge on any atom is -0.365 e. The summed E-state index contributed by atoms with van der Waals surface area (Å²) in [6, 6.07) is 1.85. The second kappa shape index (κ2) is 5.79. The van der Waals surface area contributed by atoms with Crippen LogP contribution in [-0.2, 0) is 27.3 Å². The quantitative estimate of drug-likeness (QED) is 0.823. The van der Waals surface area contributed by atoms with E-state index in [0.29, 0.717) is 0 Å². The Hall–Kier alpha value is -1.27. The van der Waals surface area contributed by atoms with Gasteiger partial charge in [-0.1, -0.05) is 10.7 Å². The van der Waals surface area contributed by atoms with Gasteiger partial charge in [0.05, 0.1) is 11.0 Å². The van der Waals surface area contributed by atoms with E-state index >= 15 is 0 Å². The van der Waals surface area contributed by atoms with E-state index in [2.05, 4.69) is 5.32 Å². The van der Waals surface area contributed by atoms with Crippen molar-refractivity contribution in [1.82, 2.24) is 0 Å². The van der Waals surface area contributed by atoms with Gasteiger partial charge >= 0.3 is 0 Å². The van der Waals surface area contributed by atoms with Gasteiger partial charge < -0.3 is 10.1 Å². The van der Waals surface area contributed by atoms with Crippen molar-refractivity contribution in [2.75, 3.05) is 11.6 Å². The van der Waals surface area contributed by atoms with Gasteiger partial charge in [-0.05, 0) is 32.1 Å². The van der Waals surface area contributed by atoms with Crippen molar-refractivity contribution in [2.24, 2.45) is 7.05 Å². The predicted molar refractivity (Wildman–Crippen MR) is 74.1 cm³/mol. The Labute approximate surface area is 115 Å². The molecule has 2 heterocycles. The Morgan fingerprint density at radius 2 is 2.26 bits per heavy atom. The van der Waals surface area contributed by atoms with Crippen LogP contribution in [0.5, 0.6) is 0 Å². The summed E-state index contributed by atoms with van der Waals surface area (Å²) in [5, 5.41) is 2.88. The number of nitrogens with zero attached hydrogens (tertiary/aromatic N) is 1. The third-order valence-electron chi connectivity index (χ3n) is 3.12. The van der Waals surface area contributed by atoms with Gasteiger partial charge in [0, 0.05) is 0 Å². The highest BCUT2D eigenvalue weighted by atomic mass is 32.2. The Bertz CT molecular complexity index is 519. The van der Waals surface area contributed by atoms with Crippen molar-refractivity contribution in [3.63, 3.8) is 0 Å². The van der Waals surface area contributed by atoms with Gasteiger partial charge in [-0.3, -0.25) is 9.57 Å². The number of aryl methyl sites for hydroxylation is 1. The van der Waals surface area contributed by atoms with Gasteiger partial charge in [-0.15, -0.1) is 0 Å². The molecule has 3 atom stereocenters. The number of amides is 1. The Kier molecular flexibility index (Phi) is 4.31. The lowest BCUT2D eigenvalue weighted by Gasteiger charge is -2.11. The number of rotatable bonds is 3. The second-order valence-electron chi connectivity index (χ2n) is 4.94. The van der Waals surface area contributed by atoms with Crippen LogP contribution in [0.25, 0.3) is 0 Å². The SMILES string of the molecule is CC1CCC(C(=O)Nc2cc(S(C)=N)c[n+](C)c2)O1. The molecule has 0 saturated carbocycles. The highest BCUT2D eigenvalue weighted by Crippen LogP contribution is 2.20. The third kappa shape index (κ3) is 3.61. The standard InChI is InChI=1S/C13H19N3O2S/c1-9-4-5-12(18-9)13(17)15-10-6-11(19(3)14)8-16(2)7-10/h6-9,12,14H,4-5H2,1-3H3/p+1. The average molecular weight is 282 g/mol. The molecule has 0 spiro atoms. The minimum atomic E-state index is -0.575. The Morgan fingerprint density at radius 1 is 1.53 bits per heavy atom. The highest BCUT2D eigenvalue weighted by Gasteiger charge is 2.28. The molecule has 1 aliphatic rings. The topological polar surface area (TPSA) is 66.1 Å². The zero-order valence-electron chi connectivity index (χ0n) is 11.5. The number of pyridine rings is 1. The van der Waals surface area contributed by atoms with Gasteiger partial charge in [0.15, 0.2) is 12.4 Å². The summed E-state index contributed by atoms with van der Waals surface area (Å²) in [6.45, 7) is 1.98. The number of hydrogen-bond acceptors (Lipinski definition) is 3. The maximum Gasteiger partial charge on any atom is 0.253 e. The maximum absolute atomic E-state index is 12.1. The van der Waals surface area contributed by atoms with Gasteiger partial charge in [0.25, 0.3) is 5.91 Å². The summed E-state index contributed by atoms with van der Waals surface area (Å²) in [5.74, 6) is -0.0949. The van der Waals surface area contributed by atoms with Crippen molar-refractivity contribution >= 4 is 22.3 Å². The molecule has 5 nitrogen and oxygen atoms in total. The van der Waals surface area contributed by atoms with Crippen molar-refractivity contribution in [3.05, 3.63) is 18.5 Å². The molecule has 1 aromatic heterocycles. The molecule has 0 radical (unpaired) electrons. The molecule has 1 fully saturated rings. The maximum atomic E-state index is 12.1. The van der Waals surface area contributed by atoms with Gasteiger partial charge in [-0.25, -0.2) is 4.57 Å². The van der Waals surface area contributed by atoms with Crippen LogP contribution in [0.4, 0.5) is 5.69 Å². The van der Waals surface area contributed by atoms with Crippen LogP contribution in [0, 0.1) is 4.78 Å². The number of carbonyl (C=O) groups is 1. The monoisotopic (exact) mass is 282 g/mol. The van der Waals surface area contributed by atoms with Gasteiger partial charge in [-0.2, -0.15) is 0 Å². The lowest BCUT2D eigenvalue weighted by atomic mass is 10.2. The first-order valence-electron chi connectivity index (χ1n) is 6.29. The first-order valence-corrected chi connectivity index (χ1v) is 7.93. The lowest BCUT2D eigenvalue weighted by Crippen LogP contribution is -2.32. The summed E-state index contributed by atoms with van der Waals surface area (Å²) in [5.41, 5.74) is 0.722. The zero-order chi connectivity index (χ0) is 14.0. The van der Waals surface area contributed by atoms with Crippen LogP contribution >= 0.6 is 0 Å². The number of carbonyl (C=O) groups excluding carboxylic acids is 1. The molecular formula is C13H20N3O2S+. The van der Waals surface area contributed by atoms with E-state index in [1.165, 1.54) is 0 Å². The molecule has 6 heteroatoms. The van der Waals surface area contributed by atoms with Crippen LogP contribution in [0.1, 0.15) is 19.8 Å². The average Bonchev–Trinajstić information content (AvgIpc) is 2.75. The molecule has 1 amide bonds. The molecule has 2 rings (SSSR count). The fourth-order valence-electron chi connectivity index (χ4n) is 2.14. The van der Waals surface area contributed by atoms with Gasteiger partial charge in [0.2, 0.25) is 0 Å². The molecule has 1 saturated heterocycles. The van der Waals surface area contributed by atoms with Crippen molar-refractivity contribution < 1.29 is 14.1 Å². The molecule has 0 aromatic carbocycles. The minimum absolute atomic E-state index is 0.0949. The summed E-state index contributed by atoms with van der Waals surface area (Å²) in [6.07, 6.45) is 7.09. The molecular weight excluding hydrogens is 262 g/mol. The highest BCUT2D eigenvalue weighted by molar-refractivity contribution is 7.85. The number of nitrogens with one attached hydrogen (secondary N) is 2. The summed E-state index contributed by atoms with van der Waals surface area (Å²) >= 11 is 0. The van der Waals surface area contributed by atoms with E-state index in [-0.39, 0.29) is 18.1 Å². The Balaban J connectivity index is 2.10. The molecule has 19 heavy (non-hydrogen) atoms. The summed E-state index contributed by atoms with van der Waals surface area (Å²) in [7, 11) is 1.31.